The number of thiophene rings is 1. The minimum Gasteiger partial charge on any atom is -0.266 e. The first-order valence-corrected chi connectivity index (χ1v) is 7.56. The molecule has 0 aliphatic carbocycles. The standard InChI is InChI=1S/C16H18N2OS/c1-3-5-13-7-9-14(10-8-13)12(2)17-18-16(19)15-6-4-11-20-15/h4,6-11H,3,5H2,1-2H3,(H,18,19)/b17-12-. The van der Waals surface area contributed by atoms with Crippen molar-refractivity contribution in [1.82, 2.24) is 5.43 Å². The molecule has 0 saturated carbocycles. The third-order valence-corrected chi connectivity index (χ3v) is 3.85. The molecule has 0 aliphatic heterocycles. The van der Waals surface area contributed by atoms with Crippen molar-refractivity contribution in [2.24, 2.45) is 5.10 Å². The molecule has 2 aromatic rings. The van der Waals surface area contributed by atoms with Gasteiger partial charge in [0.05, 0.1) is 10.6 Å². The van der Waals surface area contributed by atoms with Gasteiger partial charge in [-0.1, -0.05) is 43.7 Å². The summed E-state index contributed by atoms with van der Waals surface area (Å²) in [5.74, 6) is -0.165. The van der Waals surface area contributed by atoms with E-state index in [2.05, 4.69) is 29.6 Å². The summed E-state index contributed by atoms with van der Waals surface area (Å²) in [5.41, 5.74) is 5.74. The lowest BCUT2D eigenvalue weighted by Gasteiger charge is -2.04. The maximum Gasteiger partial charge on any atom is 0.281 e. The summed E-state index contributed by atoms with van der Waals surface area (Å²) in [5, 5.41) is 6.02. The maximum absolute atomic E-state index is 11.8. The molecule has 2 rings (SSSR count). The largest absolute Gasteiger partial charge is 0.281 e. The van der Waals surface area contributed by atoms with Crippen LogP contribution < -0.4 is 5.43 Å². The average Bonchev–Trinajstić information content (AvgIpc) is 3.00. The molecule has 0 radical (unpaired) electrons. The van der Waals surface area contributed by atoms with Gasteiger partial charge < -0.3 is 0 Å². The molecule has 1 N–H and O–H groups in total. The Hall–Kier alpha value is -1.94. The van der Waals surface area contributed by atoms with Gasteiger partial charge in [-0.3, -0.25) is 4.79 Å². The van der Waals surface area contributed by atoms with Crippen molar-refractivity contribution in [3.8, 4) is 0 Å². The zero-order valence-electron chi connectivity index (χ0n) is 11.7. The van der Waals surface area contributed by atoms with Gasteiger partial charge >= 0.3 is 0 Å². The van der Waals surface area contributed by atoms with Gasteiger partial charge in [-0.2, -0.15) is 5.10 Å². The zero-order valence-corrected chi connectivity index (χ0v) is 12.5. The molecule has 1 amide bonds. The smallest absolute Gasteiger partial charge is 0.266 e. The monoisotopic (exact) mass is 286 g/mol. The van der Waals surface area contributed by atoms with Crippen molar-refractivity contribution in [3.05, 3.63) is 57.8 Å². The van der Waals surface area contributed by atoms with E-state index in [1.54, 1.807) is 6.07 Å². The summed E-state index contributed by atoms with van der Waals surface area (Å²) < 4.78 is 0. The number of hydrazone groups is 1. The van der Waals surface area contributed by atoms with Crippen LogP contribution in [-0.2, 0) is 6.42 Å². The Balaban J connectivity index is 2.01. The zero-order chi connectivity index (χ0) is 14.4. The Morgan fingerprint density at radius 2 is 2.00 bits per heavy atom. The molecule has 20 heavy (non-hydrogen) atoms. The number of aryl methyl sites for hydroxylation is 1. The maximum atomic E-state index is 11.8. The number of rotatable bonds is 5. The Bertz CT molecular complexity index is 585. The quantitative estimate of drug-likeness (QED) is 0.658. The molecular formula is C16H18N2OS. The third kappa shape index (κ3) is 3.78. The Kier molecular flexibility index (Phi) is 5.07. The minimum absolute atomic E-state index is 0.165. The number of amides is 1. The van der Waals surface area contributed by atoms with Crippen LogP contribution in [0.1, 0.15) is 41.1 Å². The molecule has 0 unspecified atom stereocenters. The first-order valence-electron chi connectivity index (χ1n) is 6.68. The lowest BCUT2D eigenvalue weighted by Crippen LogP contribution is -2.18. The summed E-state index contributed by atoms with van der Waals surface area (Å²) in [6.45, 7) is 4.06. The molecule has 3 nitrogen and oxygen atoms in total. The molecule has 1 heterocycles. The van der Waals surface area contributed by atoms with Gasteiger partial charge in [0.2, 0.25) is 0 Å². The van der Waals surface area contributed by atoms with E-state index in [1.807, 2.05) is 30.5 Å². The summed E-state index contributed by atoms with van der Waals surface area (Å²) in [4.78, 5) is 12.4. The third-order valence-electron chi connectivity index (χ3n) is 2.98. The van der Waals surface area contributed by atoms with Gasteiger partial charge in [-0.05, 0) is 35.9 Å². The molecule has 0 saturated heterocycles. The Labute approximate surface area is 123 Å². The molecule has 0 bridgehead atoms. The molecule has 0 aliphatic rings. The van der Waals surface area contributed by atoms with E-state index in [0.29, 0.717) is 4.88 Å². The molecule has 0 spiro atoms. The van der Waals surface area contributed by atoms with Crippen LogP contribution in [0.25, 0.3) is 0 Å². The molecule has 0 fully saturated rings. The second-order valence-electron chi connectivity index (χ2n) is 4.56. The fraction of sp³-hybridized carbons (Fsp3) is 0.250. The van der Waals surface area contributed by atoms with E-state index in [1.165, 1.54) is 16.9 Å². The number of carbonyl (C=O) groups is 1. The molecule has 0 atom stereocenters. The van der Waals surface area contributed by atoms with E-state index in [9.17, 15) is 4.79 Å². The second kappa shape index (κ2) is 7.01. The molecular weight excluding hydrogens is 268 g/mol. The molecule has 1 aromatic heterocycles. The normalized spacial score (nSPS) is 11.4. The highest BCUT2D eigenvalue weighted by molar-refractivity contribution is 7.12. The number of hydrogen-bond donors (Lipinski definition) is 1. The summed E-state index contributed by atoms with van der Waals surface area (Å²) in [6, 6.07) is 11.9. The van der Waals surface area contributed by atoms with Crippen LogP contribution in [0, 0.1) is 0 Å². The number of carbonyl (C=O) groups excluding carboxylic acids is 1. The predicted molar refractivity (Wildman–Crippen MR) is 84.4 cm³/mol. The van der Waals surface area contributed by atoms with Crippen LogP contribution in [0.3, 0.4) is 0 Å². The highest BCUT2D eigenvalue weighted by Gasteiger charge is 2.05. The first-order chi connectivity index (χ1) is 9.70. The lowest BCUT2D eigenvalue weighted by atomic mass is 10.1. The van der Waals surface area contributed by atoms with Gasteiger partial charge in [-0.15, -0.1) is 11.3 Å². The number of nitrogens with one attached hydrogen (secondary N) is 1. The summed E-state index contributed by atoms with van der Waals surface area (Å²) in [7, 11) is 0. The topological polar surface area (TPSA) is 41.5 Å². The van der Waals surface area contributed by atoms with E-state index in [-0.39, 0.29) is 5.91 Å². The Morgan fingerprint density at radius 3 is 2.60 bits per heavy atom. The fourth-order valence-corrected chi connectivity index (χ4v) is 2.48. The van der Waals surface area contributed by atoms with Crippen molar-refractivity contribution in [2.45, 2.75) is 26.7 Å². The molecule has 104 valence electrons. The van der Waals surface area contributed by atoms with E-state index >= 15 is 0 Å². The van der Waals surface area contributed by atoms with Crippen molar-refractivity contribution >= 4 is 23.0 Å². The van der Waals surface area contributed by atoms with Crippen molar-refractivity contribution in [3.63, 3.8) is 0 Å². The second-order valence-corrected chi connectivity index (χ2v) is 5.51. The van der Waals surface area contributed by atoms with Crippen LogP contribution in [0.15, 0.2) is 46.9 Å². The number of benzene rings is 1. The minimum atomic E-state index is -0.165. The van der Waals surface area contributed by atoms with Gasteiger partial charge in [0.25, 0.3) is 5.91 Å². The molecule has 4 heteroatoms. The average molecular weight is 286 g/mol. The highest BCUT2D eigenvalue weighted by Crippen LogP contribution is 2.09. The van der Waals surface area contributed by atoms with Crippen LogP contribution >= 0.6 is 11.3 Å². The predicted octanol–water partition coefficient (Wildman–Crippen LogP) is 3.85. The molecule has 1 aromatic carbocycles. The van der Waals surface area contributed by atoms with E-state index in [0.717, 1.165) is 24.1 Å². The Morgan fingerprint density at radius 1 is 1.25 bits per heavy atom. The van der Waals surface area contributed by atoms with Gasteiger partial charge in [0, 0.05) is 0 Å². The van der Waals surface area contributed by atoms with Gasteiger partial charge in [-0.25, -0.2) is 5.43 Å². The summed E-state index contributed by atoms with van der Waals surface area (Å²) >= 11 is 1.40. The van der Waals surface area contributed by atoms with Crippen LogP contribution in [-0.4, -0.2) is 11.6 Å². The van der Waals surface area contributed by atoms with E-state index < -0.39 is 0 Å². The van der Waals surface area contributed by atoms with Crippen LogP contribution in [0.2, 0.25) is 0 Å². The SMILES string of the molecule is CCCc1ccc(/C(C)=N\NC(=O)c2cccs2)cc1. The van der Waals surface area contributed by atoms with Crippen molar-refractivity contribution < 1.29 is 4.79 Å². The van der Waals surface area contributed by atoms with Crippen molar-refractivity contribution in [2.75, 3.05) is 0 Å². The number of hydrogen-bond acceptors (Lipinski definition) is 3. The van der Waals surface area contributed by atoms with Gasteiger partial charge in [0.15, 0.2) is 0 Å². The van der Waals surface area contributed by atoms with Crippen LogP contribution in [0.4, 0.5) is 0 Å². The fourth-order valence-electron chi connectivity index (χ4n) is 1.86. The highest BCUT2D eigenvalue weighted by atomic mass is 32.1. The van der Waals surface area contributed by atoms with Gasteiger partial charge in [0.1, 0.15) is 0 Å². The number of nitrogens with zero attached hydrogens (tertiary/aromatic N) is 1. The van der Waals surface area contributed by atoms with Crippen LogP contribution in [0.5, 0.6) is 0 Å². The first kappa shape index (κ1) is 14.5. The summed E-state index contributed by atoms with van der Waals surface area (Å²) in [6.07, 6.45) is 2.23. The van der Waals surface area contributed by atoms with E-state index in [4.69, 9.17) is 0 Å². The lowest BCUT2D eigenvalue weighted by molar-refractivity contribution is 0.0959. The van der Waals surface area contributed by atoms with Crippen molar-refractivity contribution in [1.29, 1.82) is 0 Å².